The van der Waals surface area contributed by atoms with Crippen LogP contribution in [0.25, 0.3) is 10.9 Å². The van der Waals surface area contributed by atoms with E-state index in [1.165, 1.54) is 5.56 Å². The maximum absolute atomic E-state index is 13.0. The van der Waals surface area contributed by atoms with Gasteiger partial charge in [-0.05, 0) is 36.8 Å². The van der Waals surface area contributed by atoms with Gasteiger partial charge in [0.05, 0.1) is 5.52 Å². The molecule has 1 aliphatic carbocycles. The summed E-state index contributed by atoms with van der Waals surface area (Å²) in [7, 11) is 0. The van der Waals surface area contributed by atoms with E-state index in [0.717, 1.165) is 62.4 Å². The summed E-state index contributed by atoms with van der Waals surface area (Å²) in [5, 5.41) is 4.35. The van der Waals surface area contributed by atoms with Gasteiger partial charge in [0.2, 0.25) is 5.95 Å². The Labute approximate surface area is 200 Å². The number of anilines is 1. The van der Waals surface area contributed by atoms with Crippen molar-refractivity contribution in [3.05, 3.63) is 66.4 Å². The average molecular weight is 457 g/mol. The van der Waals surface area contributed by atoms with Crippen LogP contribution < -0.4 is 10.2 Å². The second-order valence-electron chi connectivity index (χ2n) is 10.4. The number of fused-ring (bicyclic) bond motifs is 1. The number of rotatable bonds is 4. The fraction of sp³-hybridized carbons (Fsp3) is 0.444. The van der Waals surface area contributed by atoms with Crippen LogP contribution in [0, 0.1) is 5.41 Å². The zero-order chi connectivity index (χ0) is 23.1. The minimum atomic E-state index is 0.0758. The first kappa shape index (κ1) is 21.4. The van der Waals surface area contributed by atoms with E-state index < -0.39 is 0 Å². The normalized spacial score (nSPS) is 22.4. The topological polar surface area (TPSA) is 64.6 Å². The van der Waals surface area contributed by atoms with Gasteiger partial charge in [0.1, 0.15) is 0 Å². The van der Waals surface area contributed by atoms with Crippen LogP contribution in [-0.4, -0.2) is 70.6 Å². The van der Waals surface area contributed by atoms with Crippen LogP contribution in [0.5, 0.6) is 0 Å². The maximum Gasteiger partial charge on any atom is 0.317 e. The summed E-state index contributed by atoms with van der Waals surface area (Å²) in [6.45, 7) is 7.62. The number of piperazine rings is 1. The number of carbonyl (C=O) groups is 1. The lowest BCUT2D eigenvalue weighted by Crippen LogP contribution is -2.67. The van der Waals surface area contributed by atoms with Crippen LogP contribution in [0.4, 0.5) is 10.7 Å². The van der Waals surface area contributed by atoms with Gasteiger partial charge in [-0.3, -0.25) is 4.90 Å². The number of likely N-dealkylation sites (tertiary alicyclic amines) is 1. The van der Waals surface area contributed by atoms with Crippen molar-refractivity contribution in [3.8, 4) is 0 Å². The summed E-state index contributed by atoms with van der Waals surface area (Å²) in [4.78, 5) is 29.0. The number of para-hydroxylation sites is 1. The number of hydrogen-bond acceptors (Lipinski definition) is 5. The average Bonchev–Trinajstić information content (AvgIpc) is 2.81. The second kappa shape index (κ2) is 8.55. The van der Waals surface area contributed by atoms with Crippen molar-refractivity contribution in [3.63, 3.8) is 0 Å². The maximum atomic E-state index is 13.0. The van der Waals surface area contributed by atoms with Crippen LogP contribution in [0.15, 0.2) is 60.8 Å². The number of amides is 2. The minimum absolute atomic E-state index is 0.0758. The van der Waals surface area contributed by atoms with Gasteiger partial charge in [0.15, 0.2) is 0 Å². The third-order valence-corrected chi connectivity index (χ3v) is 7.70. The molecule has 1 atom stereocenters. The monoisotopic (exact) mass is 456 g/mol. The number of hydrogen-bond donors (Lipinski definition) is 1. The Morgan fingerprint density at radius 3 is 2.62 bits per heavy atom. The van der Waals surface area contributed by atoms with Crippen LogP contribution in [0.1, 0.15) is 25.3 Å². The molecule has 2 aromatic carbocycles. The molecule has 7 nitrogen and oxygen atoms in total. The van der Waals surface area contributed by atoms with Crippen molar-refractivity contribution in [2.75, 3.05) is 37.6 Å². The van der Waals surface area contributed by atoms with E-state index in [0.29, 0.717) is 18.0 Å². The lowest BCUT2D eigenvalue weighted by molar-refractivity contribution is -0.0810. The molecule has 2 amide bonds. The Balaban J connectivity index is 0.976. The molecule has 1 aromatic heterocycles. The predicted octanol–water partition coefficient (Wildman–Crippen LogP) is 3.51. The molecule has 3 aromatic rings. The standard InChI is InChI=1S/C27H32N6O/c1-20-16-32(25-28-15-22-9-5-6-10-24(22)30-25)11-12-33(20)26(34)29-23-13-27(14-23)18-31(19-27)17-21-7-3-2-4-8-21/h2-10,15,20,23H,11-14,16-19H2,1H3,(H,29,34)/t20-/m1/s1. The molecule has 0 bridgehead atoms. The fourth-order valence-corrected chi connectivity index (χ4v) is 6.01. The molecule has 7 heteroatoms. The third-order valence-electron chi connectivity index (χ3n) is 7.70. The molecule has 1 spiro atoms. The highest BCUT2D eigenvalue weighted by Crippen LogP contribution is 2.48. The zero-order valence-corrected chi connectivity index (χ0v) is 19.7. The van der Waals surface area contributed by atoms with Crippen molar-refractivity contribution in [1.82, 2.24) is 25.1 Å². The largest absolute Gasteiger partial charge is 0.337 e. The zero-order valence-electron chi connectivity index (χ0n) is 19.7. The molecule has 3 heterocycles. The molecule has 0 radical (unpaired) electrons. The van der Waals surface area contributed by atoms with Crippen LogP contribution >= 0.6 is 0 Å². The molecule has 3 aliphatic rings. The van der Waals surface area contributed by atoms with Crippen molar-refractivity contribution in [2.45, 2.75) is 38.4 Å². The highest BCUT2D eigenvalue weighted by atomic mass is 16.2. The van der Waals surface area contributed by atoms with E-state index in [4.69, 9.17) is 4.98 Å². The third kappa shape index (κ3) is 4.09. The van der Waals surface area contributed by atoms with Gasteiger partial charge in [-0.1, -0.05) is 48.5 Å². The highest BCUT2D eigenvalue weighted by Gasteiger charge is 2.52. The Bertz CT molecular complexity index is 1170. The number of nitrogens with one attached hydrogen (secondary N) is 1. The van der Waals surface area contributed by atoms with Gasteiger partial charge < -0.3 is 15.1 Å². The molecule has 176 valence electrons. The van der Waals surface area contributed by atoms with Gasteiger partial charge in [-0.25, -0.2) is 14.8 Å². The van der Waals surface area contributed by atoms with Crippen molar-refractivity contribution >= 4 is 22.9 Å². The number of aromatic nitrogens is 2. The Morgan fingerprint density at radius 2 is 1.82 bits per heavy atom. The van der Waals surface area contributed by atoms with Crippen molar-refractivity contribution in [1.29, 1.82) is 0 Å². The lowest BCUT2D eigenvalue weighted by atomic mass is 9.60. The minimum Gasteiger partial charge on any atom is -0.337 e. The fourth-order valence-electron chi connectivity index (χ4n) is 6.01. The second-order valence-corrected chi connectivity index (χ2v) is 10.4. The molecule has 1 N–H and O–H groups in total. The van der Waals surface area contributed by atoms with Gasteiger partial charge in [0, 0.05) is 62.9 Å². The summed E-state index contributed by atoms with van der Waals surface area (Å²) in [5.74, 6) is 0.747. The smallest absolute Gasteiger partial charge is 0.317 e. The van der Waals surface area contributed by atoms with Crippen molar-refractivity contribution < 1.29 is 4.79 Å². The summed E-state index contributed by atoms with van der Waals surface area (Å²) >= 11 is 0. The number of urea groups is 1. The molecular weight excluding hydrogens is 424 g/mol. The molecule has 1 saturated carbocycles. The molecular formula is C27H32N6O. The quantitative estimate of drug-likeness (QED) is 0.651. The van der Waals surface area contributed by atoms with E-state index >= 15 is 0 Å². The van der Waals surface area contributed by atoms with E-state index in [-0.39, 0.29) is 12.1 Å². The van der Waals surface area contributed by atoms with E-state index in [1.54, 1.807) is 0 Å². The van der Waals surface area contributed by atoms with Gasteiger partial charge >= 0.3 is 6.03 Å². The lowest BCUT2D eigenvalue weighted by Gasteiger charge is -2.59. The van der Waals surface area contributed by atoms with Crippen LogP contribution in [0.3, 0.4) is 0 Å². The first-order chi connectivity index (χ1) is 16.6. The Hall–Kier alpha value is -3.19. The summed E-state index contributed by atoms with van der Waals surface area (Å²) in [6.07, 6.45) is 4.09. The van der Waals surface area contributed by atoms with Gasteiger partial charge in [0.25, 0.3) is 0 Å². The molecule has 3 fully saturated rings. The number of carbonyl (C=O) groups excluding carboxylic acids is 1. The highest BCUT2D eigenvalue weighted by molar-refractivity contribution is 5.78. The summed E-state index contributed by atoms with van der Waals surface area (Å²) in [5.41, 5.74) is 2.76. The van der Waals surface area contributed by atoms with Crippen LogP contribution in [0.2, 0.25) is 0 Å². The molecule has 0 unspecified atom stereocenters. The Kier molecular flexibility index (Phi) is 5.37. The first-order valence-electron chi connectivity index (χ1n) is 12.4. The number of benzene rings is 2. The van der Waals surface area contributed by atoms with Crippen LogP contribution in [-0.2, 0) is 6.54 Å². The Morgan fingerprint density at radius 1 is 1.06 bits per heavy atom. The summed E-state index contributed by atoms with van der Waals surface area (Å²) < 4.78 is 0. The van der Waals surface area contributed by atoms with E-state index in [1.807, 2.05) is 35.4 Å². The molecule has 2 saturated heterocycles. The number of nitrogens with zero attached hydrogens (tertiary/aromatic N) is 5. The molecule has 2 aliphatic heterocycles. The van der Waals surface area contributed by atoms with E-state index in [9.17, 15) is 4.79 Å². The molecule has 6 rings (SSSR count). The summed E-state index contributed by atoms with van der Waals surface area (Å²) in [6, 6.07) is 19.2. The van der Waals surface area contributed by atoms with Crippen molar-refractivity contribution in [2.24, 2.45) is 5.41 Å². The molecule has 34 heavy (non-hydrogen) atoms. The first-order valence-corrected chi connectivity index (χ1v) is 12.4. The van der Waals surface area contributed by atoms with Gasteiger partial charge in [-0.2, -0.15) is 0 Å². The van der Waals surface area contributed by atoms with E-state index in [2.05, 4.69) is 57.4 Å². The predicted molar refractivity (Wildman–Crippen MR) is 134 cm³/mol. The SMILES string of the molecule is C[C@@H]1CN(c2ncc3ccccc3n2)CCN1C(=O)NC1CC2(C1)CN(Cc1ccccc1)C2. The van der Waals surface area contributed by atoms with Gasteiger partial charge in [-0.15, -0.1) is 0 Å².